The Morgan fingerprint density at radius 2 is 1.94 bits per heavy atom. The molecule has 1 fully saturated rings. The molecule has 3 heterocycles. The summed E-state index contributed by atoms with van der Waals surface area (Å²) in [4.78, 5) is 27.6. The molecule has 3 aromatic rings. The number of hydrogen-bond acceptors (Lipinski definition) is 7. The molecule has 1 amide bonds. The molecule has 0 unspecified atom stereocenters. The van der Waals surface area contributed by atoms with Gasteiger partial charge in [-0.1, -0.05) is 30.0 Å². The second kappa shape index (κ2) is 9.45. The van der Waals surface area contributed by atoms with E-state index in [-0.39, 0.29) is 48.0 Å². The third kappa shape index (κ3) is 4.27. The van der Waals surface area contributed by atoms with E-state index in [2.05, 4.69) is 20.3 Å². The number of thioether (sulfide) groups is 1. The highest BCUT2D eigenvalue weighted by Gasteiger charge is 2.53. The molecule has 2 aliphatic rings. The van der Waals surface area contributed by atoms with E-state index in [1.54, 1.807) is 35.2 Å². The molecular weight excluding hydrogens is 491 g/mol. The first-order chi connectivity index (χ1) is 17.3. The molecule has 186 valence electrons. The molecule has 1 aromatic heterocycles. The fourth-order valence-electron chi connectivity index (χ4n) is 4.56. The number of halogens is 3. The topological polar surface area (TPSA) is 79.7 Å². The van der Waals surface area contributed by atoms with E-state index in [1.807, 2.05) is 0 Å². The van der Waals surface area contributed by atoms with Crippen LogP contribution in [0.25, 0.3) is 0 Å². The van der Waals surface area contributed by atoms with Crippen LogP contribution in [0.15, 0.2) is 53.5 Å². The Morgan fingerprint density at radius 1 is 1.17 bits per heavy atom. The number of amides is 1. The van der Waals surface area contributed by atoms with Gasteiger partial charge >= 0.3 is 0 Å². The van der Waals surface area contributed by atoms with Gasteiger partial charge < -0.3 is 15.0 Å². The average Bonchev–Trinajstić information content (AvgIpc) is 3.27. The number of aromatic nitrogens is 2. The number of methoxy groups -OCH3 is 1. The maximum atomic E-state index is 15.2. The molecule has 0 bridgehead atoms. The van der Waals surface area contributed by atoms with Crippen molar-refractivity contribution in [1.82, 2.24) is 15.3 Å². The van der Waals surface area contributed by atoms with E-state index < -0.39 is 22.2 Å². The van der Waals surface area contributed by atoms with E-state index >= 15 is 4.39 Å². The zero-order valence-corrected chi connectivity index (χ0v) is 20.3. The van der Waals surface area contributed by atoms with Gasteiger partial charge in [-0.3, -0.25) is 9.79 Å². The van der Waals surface area contributed by atoms with Crippen LogP contribution in [-0.4, -0.2) is 47.8 Å². The minimum absolute atomic E-state index is 0.109. The summed E-state index contributed by atoms with van der Waals surface area (Å²) in [7, 11) is 1.31. The van der Waals surface area contributed by atoms with Crippen LogP contribution >= 0.6 is 11.8 Å². The Balaban J connectivity index is 1.52. The number of rotatable bonds is 4. The maximum Gasteiger partial charge on any atom is 0.257 e. The molecule has 2 aromatic carbocycles. The number of hydrogen-bond donors (Lipinski definition) is 1. The Morgan fingerprint density at radius 3 is 2.69 bits per heavy atom. The van der Waals surface area contributed by atoms with E-state index in [1.165, 1.54) is 31.9 Å². The monoisotopic (exact) mass is 513 g/mol. The lowest BCUT2D eigenvalue weighted by Crippen LogP contribution is -2.43. The second-order valence-corrected chi connectivity index (χ2v) is 9.91. The van der Waals surface area contributed by atoms with Crippen LogP contribution in [0, 0.1) is 30.3 Å². The van der Waals surface area contributed by atoms with Crippen molar-refractivity contribution in [2.24, 2.45) is 10.9 Å². The SMILES string of the molecule is COc1nc(N2C[C@@H]3CN=C(NC(=O)c4ccccc4)S[C@@]3(c3cc(F)ccc3F)C2)nc(C)c1F. The molecule has 0 aliphatic carbocycles. The summed E-state index contributed by atoms with van der Waals surface area (Å²) in [5, 5.41) is 3.11. The molecule has 7 nitrogen and oxygen atoms in total. The number of carbonyl (C=O) groups is 1. The van der Waals surface area contributed by atoms with Crippen molar-refractivity contribution in [2.75, 3.05) is 31.6 Å². The molecule has 11 heteroatoms. The highest BCUT2D eigenvalue weighted by atomic mass is 32.2. The molecule has 0 saturated carbocycles. The van der Waals surface area contributed by atoms with Crippen LogP contribution in [0.1, 0.15) is 21.6 Å². The average molecular weight is 514 g/mol. The number of nitrogens with one attached hydrogen (secondary N) is 1. The van der Waals surface area contributed by atoms with Gasteiger partial charge in [-0.15, -0.1) is 0 Å². The van der Waals surface area contributed by atoms with E-state index in [0.29, 0.717) is 17.3 Å². The Bertz CT molecular complexity index is 1360. The Hall–Kier alpha value is -3.60. The predicted molar refractivity (Wildman–Crippen MR) is 131 cm³/mol. The molecule has 2 aliphatic heterocycles. The lowest BCUT2D eigenvalue weighted by atomic mass is 9.87. The summed E-state index contributed by atoms with van der Waals surface area (Å²) in [6.45, 7) is 2.29. The minimum atomic E-state index is -1.01. The molecule has 5 rings (SSSR count). The van der Waals surface area contributed by atoms with E-state index in [4.69, 9.17) is 4.74 Å². The summed E-state index contributed by atoms with van der Waals surface area (Å²) in [6.07, 6.45) is 0. The van der Waals surface area contributed by atoms with Crippen molar-refractivity contribution in [3.05, 3.63) is 82.8 Å². The Labute approximate surface area is 209 Å². The van der Waals surface area contributed by atoms with Gasteiger partial charge in [0.05, 0.1) is 17.6 Å². The van der Waals surface area contributed by atoms with Crippen LogP contribution in [0.5, 0.6) is 5.88 Å². The van der Waals surface area contributed by atoms with Gasteiger partial charge in [0, 0.05) is 36.7 Å². The number of benzene rings is 2. The van der Waals surface area contributed by atoms with Gasteiger partial charge in [-0.2, -0.15) is 9.37 Å². The predicted octanol–water partition coefficient (Wildman–Crippen LogP) is 4.08. The summed E-state index contributed by atoms with van der Waals surface area (Å²) in [5.41, 5.74) is 0.717. The fraction of sp³-hybridized carbons (Fsp3) is 0.280. The normalized spacial score (nSPS) is 21.1. The van der Waals surface area contributed by atoms with Crippen molar-refractivity contribution in [2.45, 2.75) is 11.7 Å². The van der Waals surface area contributed by atoms with Gasteiger partial charge in [0.2, 0.25) is 11.8 Å². The van der Waals surface area contributed by atoms with Gasteiger partial charge in [-0.25, -0.2) is 13.8 Å². The van der Waals surface area contributed by atoms with Crippen molar-refractivity contribution in [1.29, 1.82) is 0 Å². The van der Waals surface area contributed by atoms with Crippen LogP contribution in [0.3, 0.4) is 0 Å². The number of amidine groups is 1. The van der Waals surface area contributed by atoms with Crippen molar-refractivity contribution < 1.29 is 22.7 Å². The number of ether oxygens (including phenoxy) is 1. The first-order valence-corrected chi connectivity index (χ1v) is 12.0. The highest BCUT2D eigenvalue weighted by Crippen LogP contribution is 2.52. The quantitative estimate of drug-likeness (QED) is 0.567. The summed E-state index contributed by atoms with van der Waals surface area (Å²) >= 11 is 1.17. The number of aryl methyl sites for hydroxylation is 1. The van der Waals surface area contributed by atoms with Crippen molar-refractivity contribution in [3.63, 3.8) is 0 Å². The second-order valence-electron chi connectivity index (χ2n) is 8.59. The first-order valence-electron chi connectivity index (χ1n) is 11.2. The lowest BCUT2D eigenvalue weighted by molar-refractivity contribution is 0.0977. The molecular formula is C25H22F3N5O2S. The fourth-order valence-corrected chi connectivity index (χ4v) is 5.99. The van der Waals surface area contributed by atoms with Crippen LogP contribution < -0.4 is 15.0 Å². The van der Waals surface area contributed by atoms with Crippen LogP contribution in [-0.2, 0) is 4.75 Å². The van der Waals surface area contributed by atoms with Gasteiger partial charge in [0.15, 0.2) is 5.17 Å². The molecule has 0 radical (unpaired) electrons. The molecule has 1 saturated heterocycles. The third-order valence-corrected chi connectivity index (χ3v) is 7.82. The lowest BCUT2D eigenvalue weighted by Gasteiger charge is -2.37. The van der Waals surface area contributed by atoms with Crippen molar-refractivity contribution >= 4 is 28.8 Å². The molecule has 0 spiro atoms. The zero-order valence-electron chi connectivity index (χ0n) is 19.5. The number of nitrogens with zero attached hydrogens (tertiary/aromatic N) is 4. The summed E-state index contributed by atoms with van der Waals surface area (Å²) < 4.78 is 47.8. The van der Waals surface area contributed by atoms with Gasteiger partial charge in [-0.05, 0) is 37.3 Å². The third-order valence-electron chi connectivity index (χ3n) is 6.35. The van der Waals surface area contributed by atoms with Crippen LogP contribution in [0.2, 0.25) is 0 Å². The molecule has 2 atom stereocenters. The summed E-state index contributed by atoms with van der Waals surface area (Å²) in [5.74, 6) is -2.41. The largest absolute Gasteiger partial charge is 0.479 e. The molecule has 1 N–H and O–H groups in total. The zero-order chi connectivity index (χ0) is 25.4. The van der Waals surface area contributed by atoms with Crippen molar-refractivity contribution in [3.8, 4) is 5.88 Å². The summed E-state index contributed by atoms with van der Waals surface area (Å²) in [6, 6.07) is 12.0. The number of anilines is 1. The van der Waals surface area contributed by atoms with Gasteiger partial charge in [0.1, 0.15) is 11.6 Å². The number of carbonyl (C=O) groups excluding carboxylic acids is 1. The van der Waals surface area contributed by atoms with E-state index in [9.17, 15) is 13.6 Å². The number of fused-ring (bicyclic) bond motifs is 1. The minimum Gasteiger partial charge on any atom is -0.479 e. The smallest absolute Gasteiger partial charge is 0.257 e. The van der Waals surface area contributed by atoms with E-state index in [0.717, 1.165) is 12.1 Å². The highest BCUT2D eigenvalue weighted by molar-refractivity contribution is 8.14. The molecule has 36 heavy (non-hydrogen) atoms. The standard InChI is InChI=1S/C25H22F3N5O2S/c1-14-20(28)22(35-2)32-23(30-14)33-12-16-11-29-24(31-21(34)15-6-4-3-5-7-15)36-25(16,13-33)18-10-17(26)8-9-19(18)27/h3-10,16H,11-13H2,1-2H3,(H,29,31,34)/t16-,25-/m0/s1. The number of aliphatic imine (C=N–C) groups is 1. The van der Waals surface area contributed by atoms with Gasteiger partial charge in [0.25, 0.3) is 11.8 Å². The maximum absolute atomic E-state index is 15.2. The van der Waals surface area contributed by atoms with Crippen LogP contribution in [0.4, 0.5) is 19.1 Å². The first kappa shape index (κ1) is 24.1. The Kier molecular flexibility index (Phi) is 6.33.